The Bertz CT molecular complexity index is 481. The predicted molar refractivity (Wildman–Crippen MR) is 113 cm³/mol. The van der Waals surface area contributed by atoms with Gasteiger partial charge in [0.25, 0.3) is 0 Å². The van der Waals surface area contributed by atoms with Crippen molar-refractivity contribution in [3.8, 4) is 5.75 Å². The molecule has 1 rings (SSSR count). The lowest BCUT2D eigenvalue weighted by atomic mass is 9.88. The lowest BCUT2D eigenvalue weighted by molar-refractivity contribution is -0.137. The van der Waals surface area contributed by atoms with Crippen LogP contribution in [-0.2, 0) is 4.79 Å². The minimum Gasteiger partial charge on any atom is -0.508 e. The average Bonchev–Trinajstić information content (AvgIpc) is 2.65. The molecule has 0 saturated carbocycles. The molecule has 0 aliphatic heterocycles. The standard InChI is InChI=1S/C24H40O3/c1-2-3-4-5-8-11-14-21(22-17-19-23(25)20-18-22)15-12-9-6-7-10-13-16-24(26)27/h17-21,25H,2-16H2,1H3,(H,26,27). The van der Waals surface area contributed by atoms with Crippen molar-refractivity contribution in [3.63, 3.8) is 0 Å². The van der Waals surface area contributed by atoms with Gasteiger partial charge in [-0.2, -0.15) is 0 Å². The number of benzene rings is 1. The van der Waals surface area contributed by atoms with Gasteiger partial charge in [0.2, 0.25) is 0 Å². The fourth-order valence-corrected chi connectivity index (χ4v) is 3.77. The molecule has 3 heteroatoms. The van der Waals surface area contributed by atoms with Gasteiger partial charge in [0.1, 0.15) is 5.75 Å². The summed E-state index contributed by atoms with van der Waals surface area (Å²) >= 11 is 0. The molecule has 2 N–H and O–H groups in total. The van der Waals surface area contributed by atoms with E-state index in [1.807, 2.05) is 12.1 Å². The number of aromatic hydroxyl groups is 1. The third-order valence-electron chi connectivity index (χ3n) is 5.46. The van der Waals surface area contributed by atoms with Gasteiger partial charge in [0.15, 0.2) is 0 Å². The van der Waals surface area contributed by atoms with Gasteiger partial charge in [-0.3, -0.25) is 4.79 Å². The van der Waals surface area contributed by atoms with E-state index in [1.54, 1.807) is 0 Å². The molecule has 0 bridgehead atoms. The molecule has 0 amide bonds. The van der Waals surface area contributed by atoms with Crippen LogP contribution in [0.3, 0.4) is 0 Å². The van der Waals surface area contributed by atoms with Crippen LogP contribution in [0, 0.1) is 0 Å². The molecule has 0 radical (unpaired) electrons. The molecule has 3 nitrogen and oxygen atoms in total. The van der Waals surface area contributed by atoms with Crippen LogP contribution < -0.4 is 0 Å². The molecule has 0 saturated heterocycles. The van der Waals surface area contributed by atoms with E-state index in [0.29, 0.717) is 18.1 Å². The van der Waals surface area contributed by atoms with E-state index < -0.39 is 5.97 Å². The lowest BCUT2D eigenvalue weighted by Gasteiger charge is -2.18. The first kappa shape index (κ1) is 23.5. The second-order valence-electron chi connectivity index (χ2n) is 7.90. The topological polar surface area (TPSA) is 57.5 Å². The average molecular weight is 377 g/mol. The van der Waals surface area contributed by atoms with Crippen molar-refractivity contribution >= 4 is 5.97 Å². The SMILES string of the molecule is CCCCCCCCC(CCCCCCCCC(=O)O)c1ccc(O)cc1. The van der Waals surface area contributed by atoms with Gasteiger partial charge < -0.3 is 10.2 Å². The molecule has 0 aliphatic carbocycles. The van der Waals surface area contributed by atoms with Crippen molar-refractivity contribution in [2.45, 2.75) is 109 Å². The number of rotatable bonds is 17. The van der Waals surface area contributed by atoms with E-state index in [2.05, 4.69) is 19.1 Å². The Kier molecular flexibility index (Phi) is 13.5. The quantitative estimate of drug-likeness (QED) is 0.278. The summed E-state index contributed by atoms with van der Waals surface area (Å²) in [6, 6.07) is 7.80. The smallest absolute Gasteiger partial charge is 0.303 e. The maximum atomic E-state index is 10.5. The van der Waals surface area contributed by atoms with Gasteiger partial charge in [-0.25, -0.2) is 0 Å². The van der Waals surface area contributed by atoms with E-state index in [-0.39, 0.29) is 0 Å². The van der Waals surface area contributed by atoms with Gasteiger partial charge in [-0.15, -0.1) is 0 Å². The zero-order valence-electron chi connectivity index (χ0n) is 17.3. The summed E-state index contributed by atoms with van der Waals surface area (Å²) in [6.07, 6.45) is 17.4. The van der Waals surface area contributed by atoms with Crippen LogP contribution in [0.15, 0.2) is 24.3 Å². The molecule has 1 unspecified atom stereocenters. The van der Waals surface area contributed by atoms with E-state index in [9.17, 15) is 9.90 Å². The van der Waals surface area contributed by atoms with Gasteiger partial charge in [0.05, 0.1) is 0 Å². The number of phenols is 1. The molecule has 0 fully saturated rings. The molecule has 1 atom stereocenters. The molecule has 0 spiro atoms. The van der Waals surface area contributed by atoms with Gasteiger partial charge in [-0.05, 0) is 42.9 Å². The Labute approximate surface area is 166 Å². The van der Waals surface area contributed by atoms with Crippen molar-refractivity contribution in [1.82, 2.24) is 0 Å². The van der Waals surface area contributed by atoms with Crippen molar-refractivity contribution in [2.24, 2.45) is 0 Å². The van der Waals surface area contributed by atoms with Crippen molar-refractivity contribution in [2.75, 3.05) is 0 Å². The number of carbonyl (C=O) groups is 1. The maximum Gasteiger partial charge on any atom is 0.303 e. The minimum atomic E-state index is -0.679. The summed E-state index contributed by atoms with van der Waals surface area (Å²) in [5, 5.41) is 18.2. The first-order valence-corrected chi connectivity index (χ1v) is 11.1. The van der Waals surface area contributed by atoms with E-state index >= 15 is 0 Å². The highest BCUT2D eigenvalue weighted by atomic mass is 16.4. The zero-order valence-corrected chi connectivity index (χ0v) is 17.3. The van der Waals surface area contributed by atoms with Crippen LogP contribution in [-0.4, -0.2) is 16.2 Å². The predicted octanol–water partition coefficient (Wildman–Crippen LogP) is 7.43. The third-order valence-corrected chi connectivity index (χ3v) is 5.46. The number of unbranched alkanes of at least 4 members (excludes halogenated alkanes) is 10. The fourth-order valence-electron chi connectivity index (χ4n) is 3.77. The Hall–Kier alpha value is -1.51. The molecular formula is C24H40O3. The van der Waals surface area contributed by atoms with Crippen molar-refractivity contribution in [3.05, 3.63) is 29.8 Å². The highest BCUT2D eigenvalue weighted by Gasteiger charge is 2.11. The van der Waals surface area contributed by atoms with Gasteiger partial charge >= 0.3 is 5.97 Å². The number of phenolic OH excluding ortho intramolecular Hbond substituents is 1. The number of hydrogen-bond acceptors (Lipinski definition) is 2. The van der Waals surface area contributed by atoms with E-state index in [1.165, 1.54) is 76.2 Å². The van der Waals surface area contributed by atoms with E-state index in [0.717, 1.165) is 19.3 Å². The van der Waals surface area contributed by atoms with Crippen LogP contribution >= 0.6 is 0 Å². The molecule has 1 aromatic carbocycles. The Balaban J connectivity index is 2.27. The third kappa shape index (κ3) is 12.5. The number of carboxylic acids is 1. The summed E-state index contributed by atoms with van der Waals surface area (Å²) in [7, 11) is 0. The largest absolute Gasteiger partial charge is 0.508 e. The summed E-state index contributed by atoms with van der Waals surface area (Å²) in [4.78, 5) is 10.5. The molecular weight excluding hydrogens is 336 g/mol. The number of aliphatic carboxylic acids is 1. The second-order valence-corrected chi connectivity index (χ2v) is 7.90. The number of hydrogen-bond donors (Lipinski definition) is 2. The highest BCUT2D eigenvalue weighted by Crippen LogP contribution is 2.29. The van der Waals surface area contributed by atoms with Crippen LogP contribution in [0.2, 0.25) is 0 Å². The van der Waals surface area contributed by atoms with Gasteiger partial charge in [0, 0.05) is 6.42 Å². The zero-order chi connectivity index (χ0) is 19.7. The lowest BCUT2D eigenvalue weighted by Crippen LogP contribution is -2.00. The van der Waals surface area contributed by atoms with Crippen LogP contribution in [0.5, 0.6) is 5.75 Å². The summed E-state index contributed by atoms with van der Waals surface area (Å²) in [5.41, 5.74) is 1.36. The van der Waals surface area contributed by atoms with Gasteiger partial charge in [-0.1, -0.05) is 89.7 Å². The summed E-state index contributed by atoms with van der Waals surface area (Å²) in [6.45, 7) is 2.26. The van der Waals surface area contributed by atoms with Crippen LogP contribution in [0.25, 0.3) is 0 Å². The summed E-state index contributed by atoms with van der Waals surface area (Å²) < 4.78 is 0. The Morgan fingerprint density at radius 1 is 0.778 bits per heavy atom. The Morgan fingerprint density at radius 2 is 1.26 bits per heavy atom. The maximum absolute atomic E-state index is 10.5. The second kappa shape index (κ2) is 15.5. The molecule has 154 valence electrons. The number of carboxylic acid groups (broad SMARTS) is 1. The van der Waals surface area contributed by atoms with Crippen molar-refractivity contribution in [1.29, 1.82) is 0 Å². The van der Waals surface area contributed by atoms with Crippen LogP contribution in [0.1, 0.15) is 115 Å². The van der Waals surface area contributed by atoms with Crippen LogP contribution in [0.4, 0.5) is 0 Å². The van der Waals surface area contributed by atoms with Crippen molar-refractivity contribution < 1.29 is 15.0 Å². The first-order valence-electron chi connectivity index (χ1n) is 11.1. The Morgan fingerprint density at radius 3 is 1.78 bits per heavy atom. The minimum absolute atomic E-state index is 0.307. The normalized spacial score (nSPS) is 12.2. The molecule has 0 aromatic heterocycles. The van der Waals surface area contributed by atoms with E-state index in [4.69, 9.17) is 5.11 Å². The monoisotopic (exact) mass is 376 g/mol. The fraction of sp³-hybridized carbons (Fsp3) is 0.708. The molecule has 0 heterocycles. The summed E-state index contributed by atoms with van der Waals surface area (Å²) in [5.74, 6) is 0.267. The first-order chi connectivity index (χ1) is 13.1. The molecule has 27 heavy (non-hydrogen) atoms. The molecule has 0 aliphatic rings. The highest BCUT2D eigenvalue weighted by molar-refractivity contribution is 5.66. The molecule has 1 aromatic rings.